The highest BCUT2D eigenvalue weighted by Crippen LogP contribution is 2.22. The van der Waals surface area contributed by atoms with E-state index in [0.717, 1.165) is 54.3 Å². The molecule has 1 aliphatic carbocycles. The van der Waals surface area contributed by atoms with Crippen LogP contribution in [-0.2, 0) is 26.2 Å². The Morgan fingerprint density at radius 3 is 2.44 bits per heavy atom. The smallest absolute Gasteiger partial charge is 0.244 e. The molecule has 0 heterocycles. The predicted octanol–water partition coefficient (Wildman–Crippen LogP) is 3.47. The molecule has 1 N–H and O–H groups in total. The van der Waals surface area contributed by atoms with Gasteiger partial charge in [0, 0.05) is 12.6 Å². The van der Waals surface area contributed by atoms with Gasteiger partial charge in [0.2, 0.25) is 21.8 Å². The summed E-state index contributed by atoms with van der Waals surface area (Å²) in [4.78, 5) is 28.1. The highest BCUT2D eigenvalue weighted by atomic mass is 32.2. The summed E-state index contributed by atoms with van der Waals surface area (Å²) in [6.07, 6.45) is 5.97. The van der Waals surface area contributed by atoms with Crippen LogP contribution in [-0.4, -0.2) is 57.1 Å². The zero-order valence-electron chi connectivity index (χ0n) is 20.9. The van der Waals surface area contributed by atoms with Crippen molar-refractivity contribution >= 4 is 27.5 Å². The van der Waals surface area contributed by atoms with E-state index < -0.39 is 34.3 Å². The van der Waals surface area contributed by atoms with Crippen LogP contribution in [0.5, 0.6) is 5.75 Å². The molecule has 0 bridgehead atoms. The van der Waals surface area contributed by atoms with E-state index in [0.29, 0.717) is 5.75 Å². The van der Waals surface area contributed by atoms with Crippen molar-refractivity contribution in [2.24, 2.45) is 0 Å². The molecule has 10 heteroatoms. The van der Waals surface area contributed by atoms with E-state index in [9.17, 15) is 22.4 Å². The maximum Gasteiger partial charge on any atom is 0.244 e. The number of halogens is 1. The van der Waals surface area contributed by atoms with Gasteiger partial charge in [-0.3, -0.25) is 13.9 Å². The number of benzene rings is 2. The van der Waals surface area contributed by atoms with Gasteiger partial charge in [0.1, 0.15) is 24.2 Å². The van der Waals surface area contributed by atoms with Crippen molar-refractivity contribution in [3.63, 3.8) is 0 Å². The second kappa shape index (κ2) is 12.2. The summed E-state index contributed by atoms with van der Waals surface area (Å²) in [5.74, 6) is -0.910. The Morgan fingerprint density at radius 1 is 1.11 bits per heavy atom. The first-order valence-electron chi connectivity index (χ1n) is 12.0. The molecule has 36 heavy (non-hydrogen) atoms. The van der Waals surface area contributed by atoms with Crippen molar-refractivity contribution in [1.82, 2.24) is 10.2 Å². The highest BCUT2D eigenvalue weighted by molar-refractivity contribution is 7.92. The number of hydrogen-bond donors (Lipinski definition) is 1. The summed E-state index contributed by atoms with van der Waals surface area (Å²) in [5.41, 5.74) is 0.753. The van der Waals surface area contributed by atoms with Crippen molar-refractivity contribution in [3.05, 3.63) is 59.9 Å². The van der Waals surface area contributed by atoms with Crippen LogP contribution in [0.2, 0.25) is 0 Å². The molecule has 0 aliphatic heterocycles. The van der Waals surface area contributed by atoms with Gasteiger partial charge >= 0.3 is 0 Å². The molecule has 8 nitrogen and oxygen atoms in total. The summed E-state index contributed by atoms with van der Waals surface area (Å²) in [6, 6.07) is 11.3. The summed E-state index contributed by atoms with van der Waals surface area (Å²) in [5, 5.41) is 3.05. The van der Waals surface area contributed by atoms with Crippen LogP contribution in [0.25, 0.3) is 0 Å². The molecule has 1 fully saturated rings. The predicted molar refractivity (Wildman–Crippen MR) is 137 cm³/mol. The average Bonchev–Trinajstić information content (AvgIpc) is 2.85. The molecule has 2 aromatic carbocycles. The number of nitrogens with zero attached hydrogens (tertiary/aromatic N) is 2. The SMILES string of the molecule is COc1cccc(CN(C(=O)CN(c2cccc(F)c2)S(C)(=O)=O)C(C)C(=O)NC2CCCCC2)c1. The molecule has 1 saturated carbocycles. The molecular formula is C26H34FN3O5S. The first-order chi connectivity index (χ1) is 17.1. The van der Waals surface area contributed by atoms with E-state index in [1.807, 2.05) is 0 Å². The molecule has 1 atom stereocenters. The average molecular weight is 520 g/mol. The molecule has 0 spiro atoms. The largest absolute Gasteiger partial charge is 0.497 e. The number of anilines is 1. The number of rotatable bonds is 10. The van der Waals surface area contributed by atoms with Crippen molar-refractivity contribution < 1.29 is 27.1 Å². The first-order valence-corrected chi connectivity index (χ1v) is 13.9. The van der Waals surface area contributed by atoms with Crippen LogP contribution in [0, 0.1) is 5.82 Å². The molecule has 0 saturated heterocycles. The Labute approximate surface area is 212 Å². The lowest BCUT2D eigenvalue weighted by atomic mass is 9.95. The van der Waals surface area contributed by atoms with E-state index >= 15 is 0 Å². The maximum atomic E-state index is 13.8. The lowest BCUT2D eigenvalue weighted by molar-refractivity contribution is -0.139. The number of hydrogen-bond acceptors (Lipinski definition) is 5. The number of ether oxygens (including phenoxy) is 1. The van der Waals surface area contributed by atoms with Gasteiger partial charge in [0.15, 0.2) is 0 Å². The number of amides is 2. The molecular weight excluding hydrogens is 485 g/mol. The van der Waals surface area contributed by atoms with Crippen LogP contribution in [0.4, 0.5) is 10.1 Å². The van der Waals surface area contributed by atoms with E-state index in [-0.39, 0.29) is 24.2 Å². The number of carbonyl (C=O) groups is 2. The van der Waals surface area contributed by atoms with Crippen LogP contribution in [0.15, 0.2) is 48.5 Å². The Bertz CT molecular complexity index is 1170. The van der Waals surface area contributed by atoms with Gasteiger partial charge in [-0.2, -0.15) is 0 Å². The fourth-order valence-electron chi connectivity index (χ4n) is 4.36. The third-order valence-corrected chi connectivity index (χ3v) is 7.52. The van der Waals surface area contributed by atoms with Gasteiger partial charge in [0.05, 0.1) is 19.1 Å². The molecule has 1 unspecified atom stereocenters. The van der Waals surface area contributed by atoms with Crippen LogP contribution in [0.3, 0.4) is 0 Å². The van der Waals surface area contributed by atoms with Crippen LogP contribution in [0.1, 0.15) is 44.6 Å². The number of nitrogens with one attached hydrogen (secondary N) is 1. The lowest BCUT2D eigenvalue weighted by Crippen LogP contribution is -2.53. The minimum atomic E-state index is -3.92. The van der Waals surface area contributed by atoms with Gasteiger partial charge in [-0.1, -0.05) is 37.5 Å². The zero-order chi connectivity index (χ0) is 26.3. The Hall–Kier alpha value is -3.14. The van der Waals surface area contributed by atoms with Crippen LogP contribution < -0.4 is 14.4 Å². The Morgan fingerprint density at radius 2 is 1.81 bits per heavy atom. The van der Waals surface area contributed by atoms with Gasteiger partial charge in [-0.15, -0.1) is 0 Å². The van der Waals surface area contributed by atoms with Gasteiger partial charge in [0.25, 0.3) is 0 Å². The van der Waals surface area contributed by atoms with E-state index in [1.165, 1.54) is 30.2 Å². The Balaban J connectivity index is 1.88. The molecule has 0 aromatic heterocycles. The van der Waals surface area contributed by atoms with Gasteiger partial charge < -0.3 is 15.0 Å². The minimum Gasteiger partial charge on any atom is -0.497 e. The highest BCUT2D eigenvalue weighted by Gasteiger charge is 2.31. The fraction of sp³-hybridized carbons (Fsp3) is 0.462. The summed E-state index contributed by atoms with van der Waals surface area (Å²) in [6.45, 7) is 1.12. The normalized spacial score (nSPS) is 15.1. The standard InChI is InChI=1S/C26H34FN3O5S/c1-19(26(32)28-22-11-5-4-6-12-22)29(17-20-9-7-14-24(15-20)35-2)25(31)18-30(36(3,33)34)23-13-8-10-21(27)16-23/h7-10,13-16,19,22H,4-6,11-12,17-18H2,1-3H3,(H,28,32). The van der Waals surface area contributed by atoms with Crippen LogP contribution >= 0.6 is 0 Å². The van der Waals surface area contributed by atoms with Crippen molar-refractivity contribution in [2.45, 2.75) is 57.7 Å². The quantitative estimate of drug-likeness (QED) is 0.519. The summed E-state index contributed by atoms with van der Waals surface area (Å²) in [7, 11) is -2.38. The van der Waals surface area contributed by atoms with Gasteiger partial charge in [-0.05, 0) is 55.7 Å². The molecule has 2 amide bonds. The second-order valence-corrected chi connectivity index (χ2v) is 11.0. The minimum absolute atomic E-state index is 0.0338. The number of sulfonamides is 1. The summed E-state index contributed by atoms with van der Waals surface area (Å²) >= 11 is 0. The lowest BCUT2D eigenvalue weighted by Gasteiger charge is -2.33. The molecule has 1 aliphatic rings. The zero-order valence-corrected chi connectivity index (χ0v) is 21.8. The van der Waals surface area contributed by atoms with E-state index in [1.54, 1.807) is 31.2 Å². The molecule has 0 radical (unpaired) electrons. The van der Waals surface area contributed by atoms with E-state index in [2.05, 4.69) is 5.32 Å². The topological polar surface area (TPSA) is 96.0 Å². The molecule has 3 rings (SSSR count). The third-order valence-electron chi connectivity index (χ3n) is 6.38. The second-order valence-electron chi connectivity index (χ2n) is 9.14. The van der Waals surface area contributed by atoms with Crippen molar-refractivity contribution in [1.29, 1.82) is 0 Å². The van der Waals surface area contributed by atoms with E-state index in [4.69, 9.17) is 4.74 Å². The van der Waals surface area contributed by atoms with Gasteiger partial charge in [-0.25, -0.2) is 12.8 Å². The maximum absolute atomic E-state index is 13.8. The number of carbonyl (C=O) groups excluding carboxylic acids is 2. The monoisotopic (exact) mass is 519 g/mol. The Kier molecular flexibility index (Phi) is 9.31. The molecule has 2 aromatic rings. The third kappa shape index (κ3) is 7.43. The molecule has 196 valence electrons. The fourth-order valence-corrected chi connectivity index (χ4v) is 5.21. The summed E-state index contributed by atoms with van der Waals surface area (Å²) < 4.78 is 45.1. The van der Waals surface area contributed by atoms with Crippen molar-refractivity contribution in [3.8, 4) is 5.75 Å². The number of methoxy groups -OCH3 is 1. The first kappa shape index (κ1) is 27.4. The van der Waals surface area contributed by atoms with Crippen molar-refractivity contribution in [2.75, 3.05) is 24.2 Å².